The number of hydrogen-bond donors (Lipinski definition) is 0. The Bertz CT molecular complexity index is 300. The third kappa shape index (κ3) is 1.27. The van der Waals surface area contributed by atoms with E-state index in [9.17, 15) is 0 Å². The predicted octanol–water partition coefficient (Wildman–Crippen LogP) is 3.63. The van der Waals surface area contributed by atoms with E-state index in [0.29, 0.717) is 6.10 Å². The van der Waals surface area contributed by atoms with Crippen LogP contribution in [0, 0.1) is 29.1 Å². The highest BCUT2D eigenvalue weighted by Gasteiger charge is 2.56. The molecule has 90 valence electrons. The SMILES string of the molecule is CC1OCC2CCCC23CCC2CC2C1C3. The molecule has 0 amide bonds. The standard InChI is InChI=1S/C15H24O/c1-10-14-8-15(6-4-11-7-13(11)14)5-2-3-12(15)9-16-10/h10-14H,2-9H2,1H3. The van der Waals surface area contributed by atoms with E-state index in [2.05, 4.69) is 6.92 Å². The van der Waals surface area contributed by atoms with Crippen molar-refractivity contribution in [3.05, 3.63) is 0 Å². The van der Waals surface area contributed by atoms with Gasteiger partial charge in [0.25, 0.3) is 0 Å². The molecule has 4 fully saturated rings. The van der Waals surface area contributed by atoms with Crippen LogP contribution in [-0.2, 0) is 4.74 Å². The highest BCUT2D eigenvalue weighted by Crippen LogP contribution is 2.63. The minimum absolute atomic E-state index is 0.551. The molecule has 3 aliphatic carbocycles. The summed E-state index contributed by atoms with van der Waals surface area (Å²) in [5.74, 6) is 3.97. The zero-order chi connectivity index (χ0) is 10.8. The van der Waals surface area contributed by atoms with Gasteiger partial charge in [0.15, 0.2) is 0 Å². The quantitative estimate of drug-likeness (QED) is 0.606. The maximum Gasteiger partial charge on any atom is 0.0578 e. The Morgan fingerprint density at radius 2 is 2.06 bits per heavy atom. The van der Waals surface area contributed by atoms with E-state index in [-0.39, 0.29) is 0 Å². The second-order valence-electron chi connectivity index (χ2n) is 7.06. The van der Waals surface area contributed by atoms with E-state index < -0.39 is 0 Å². The van der Waals surface area contributed by atoms with Gasteiger partial charge in [0, 0.05) is 0 Å². The molecule has 0 aromatic heterocycles. The summed E-state index contributed by atoms with van der Waals surface area (Å²) in [7, 11) is 0. The first kappa shape index (κ1) is 9.94. The zero-order valence-corrected chi connectivity index (χ0v) is 10.5. The third-order valence-corrected chi connectivity index (χ3v) is 6.44. The molecule has 4 aliphatic rings. The topological polar surface area (TPSA) is 9.23 Å². The number of hydrogen-bond acceptors (Lipinski definition) is 1. The average molecular weight is 220 g/mol. The van der Waals surface area contributed by atoms with Crippen molar-refractivity contribution in [2.75, 3.05) is 6.61 Å². The lowest BCUT2D eigenvalue weighted by atomic mass is 9.69. The number of rotatable bonds is 0. The highest BCUT2D eigenvalue weighted by atomic mass is 16.5. The molecule has 1 saturated heterocycles. The summed E-state index contributed by atoms with van der Waals surface area (Å²) in [5, 5.41) is 0. The maximum absolute atomic E-state index is 6.18. The molecule has 1 spiro atoms. The van der Waals surface area contributed by atoms with Crippen molar-refractivity contribution in [1.82, 2.24) is 0 Å². The van der Waals surface area contributed by atoms with Crippen LogP contribution in [0.2, 0.25) is 0 Å². The Hall–Kier alpha value is -0.0400. The van der Waals surface area contributed by atoms with Gasteiger partial charge in [-0.1, -0.05) is 6.42 Å². The molecule has 16 heavy (non-hydrogen) atoms. The van der Waals surface area contributed by atoms with Gasteiger partial charge < -0.3 is 4.74 Å². The smallest absolute Gasteiger partial charge is 0.0578 e. The van der Waals surface area contributed by atoms with Gasteiger partial charge in [-0.2, -0.15) is 0 Å². The van der Waals surface area contributed by atoms with E-state index in [1.165, 1.54) is 38.5 Å². The molecule has 6 unspecified atom stereocenters. The van der Waals surface area contributed by atoms with E-state index in [0.717, 1.165) is 35.7 Å². The van der Waals surface area contributed by atoms with Crippen LogP contribution in [0.15, 0.2) is 0 Å². The van der Waals surface area contributed by atoms with Crippen LogP contribution < -0.4 is 0 Å². The Labute approximate surface area is 98.9 Å². The van der Waals surface area contributed by atoms with Crippen molar-refractivity contribution < 1.29 is 4.74 Å². The molecule has 2 bridgehead atoms. The molecule has 1 aliphatic heterocycles. The van der Waals surface area contributed by atoms with Crippen LogP contribution in [0.3, 0.4) is 0 Å². The van der Waals surface area contributed by atoms with Gasteiger partial charge in [0.2, 0.25) is 0 Å². The fourth-order valence-corrected chi connectivity index (χ4v) is 5.30. The summed E-state index contributed by atoms with van der Waals surface area (Å²) in [6.45, 7) is 3.43. The number of ether oxygens (including phenoxy) is 1. The van der Waals surface area contributed by atoms with Crippen LogP contribution in [0.4, 0.5) is 0 Å². The molecule has 3 saturated carbocycles. The molecular formula is C15H24O. The second kappa shape index (κ2) is 3.25. The lowest BCUT2D eigenvalue weighted by Crippen LogP contribution is -2.28. The van der Waals surface area contributed by atoms with Crippen molar-refractivity contribution in [3.8, 4) is 0 Å². The summed E-state index contributed by atoms with van der Waals surface area (Å²) in [4.78, 5) is 0. The molecule has 1 heterocycles. The van der Waals surface area contributed by atoms with Crippen LogP contribution in [0.25, 0.3) is 0 Å². The van der Waals surface area contributed by atoms with Gasteiger partial charge in [0.1, 0.15) is 0 Å². The van der Waals surface area contributed by atoms with Gasteiger partial charge in [-0.3, -0.25) is 0 Å². The molecule has 1 nitrogen and oxygen atoms in total. The minimum atomic E-state index is 0.551. The third-order valence-electron chi connectivity index (χ3n) is 6.44. The summed E-state index contributed by atoms with van der Waals surface area (Å²) in [6, 6.07) is 0. The fourth-order valence-electron chi connectivity index (χ4n) is 5.30. The summed E-state index contributed by atoms with van der Waals surface area (Å²) < 4.78 is 6.18. The van der Waals surface area contributed by atoms with Crippen molar-refractivity contribution in [2.45, 2.75) is 58.0 Å². The van der Waals surface area contributed by atoms with Crippen molar-refractivity contribution in [2.24, 2.45) is 29.1 Å². The Morgan fingerprint density at radius 3 is 3.00 bits per heavy atom. The van der Waals surface area contributed by atoms with Gasteiger partial charge >= 0.3 is 0 Å². The molecule has 0 N–H and O–H groups in total. The summed E-state index contributed by atoms with van der Waals surface area (Å²) in [5.41, 5.74) is 0.725. The lowest BCUT2D eigenvalue weighted by molar-refractivity contribution is 0.0131. The molecule has 1 heteroatoms. The summed E-state index contributed by atoms with van der Waals surface area (Å²) >= 11 is 0. The first-order valence-corrected chi connectivity index (χ1v) is 7.40. The van der Waals surface area contributed by atoms with Gasteiger partial charge in [-0.25, -0.2) is 0 Å². The Morgan fingerprint density at radius 1 is 1.12 bits per heavy atom. The molecule has 0 aromatic rings. The highest BCUT2D eigenvalue weighted by molar-refractivity contribution is 5.05. The lowest BCUT2D eigenvalue weighted by Gasteiger charge is -2.34. The van der Waals surface area contributed by atoms with E-state index in [4.69, 9.17) is 4.74 Å². The van der Waals surface area contributed by atoms with Crippen LogP contribution in [0.1, 0.15) is 51.9 Å². The fraction of sp³-hybridized carbons (Fsp3) is 1.00. The normalized spacial score (nSPS) is 59.4. The Kier molecular flexibility index (Phi) is 2.02. The van der Waals surface area contributed by atoms with E-state index in [1.807, 2.05) is 0 Å². The maximum atomic E-state index is 6.18. The molecule has 6 atom stereocenters. The van der Waals surface area contributed by atoms with Gasteiger partial charge in [0.05, 0.1) is 12.7 Å². The monoisotopic (exact) mass is 220 g/mol. The first-order valence-electron chi connectivity index (χ1n) is 7.40. The minimum Gasteiger partial charge on any atom is -0.378 e. The van der Waals surface area contributed by atoms with E-state index in [1.54, 1.807) is 6.42 Å². The second-order valence-corrected chi connectivity index (χ2v) is 7.06. The predicted molar refractivity (Wildman–Crippen MR) is 64.1 cm³/mol. The average Bonchev–Trinajstić information content (AvgIpc) is 2.98. The molecular weight excluding hydrogens is 196 g/mol. The van der Waals surface area contributed by atoms with Crippen molar-refractivity contribution >= 4 is 0 Å². The van der Waals surface area contributed by atoms with Crippen molar-refractivity contribution in [3.63, 3.8) is 0 Å². The molecule has 4 rings (SSSR count). The number of fused-ring (bicyclic) bond motifs is 3. The first-order chi connectivity index (χ1) is 7.78. The summed E-state index contributed by atoms with van der Waals surface area (Å²) in [6.07, 6.45) is 11.1. The van der Waals surface area contributed by atoms with Crippen LogP contribution in [0.5, 0.6) is 0 Å². The molecule has 0 radical (unpaired) electrons. The molecule has 0 aromatic carbocycles. The largest absolute Gasteiger partial charge is 0.378 e. The van der Waals surface area contributed by atoms with Crippen LogP contribution >= 0.6 is 0 Å². The van der Waals surface area contributed by atoms with E-state index >= 15 is 0 Å². The van der Waals surface area contributed by atoms with Gasteiger partial charge in [-0.05, 0) is 74.5 Å². The van der Waals surface area contributed by atoms with Gasteiger partial charge in [-0.15, -0.1) is 0 Å². The van der Waals surface area contributed by atoms with Crippen molar-refractivity contribution in [1.29, 1.82) is 0 Å². The zero-order valence-electron chi connectivity index (χ0n) is 10.5. The Balaban J connectivity index is 1.70. The van der Waals surface area contributed by atoms with Crippen LogP contribution in [-0.4, -0.2) is 12.7 Å².